The number of ether oxygens (including phenoxy) is 1. The lowest BCUT2D eigenvalue weighted by Crippen LogP contribution is -2.15. The lowest BCUT2D eigenvalue weighted by atomic mass is 10.2. The standard InChI is InChI=1S/C24H20Cl2N4O2S/c1-32-21-13-7-2-8-16(21)23-28-29(24(33)30(23)20-12-6-4-10-18(20)26)15-14-22(31)27-19-11-5-3-9-17(19)25/h2-13H,14-15H2,1H3,(H,27,31). The molecule has 6 nitrogen and oxygen atoms in total. The predicted octanol–water partition coefficient (Wildman–Crippen LogP) is 6.41. The minimum absolute atomic E-state index is 0.157. The van der Waals surface area contributed by atoms with Gasteiger partial charge in [0.05, 0.1) is 40.6 Å². The van der Waals surface area contributed by atoms with E-state index in [0.717, 1.165) is 5.56 Å². The van der Waals surface area contributed by atoms with Crippen molar-refractivity contribution in [2.75, 3.05) is 12.4 Å². The molecule has 0 aliphatic heterocycles. The number of hydrogen-bond acceptors (Lipinski definition) is 4. The average Bonchev–Trinajstić information content (AvgIpc) is 3.15. The molecule has 4 rings (SSSR count). The van der Waals surface area contributed by atoms with Gasteiger partial charge in [0.25, 0.3) is 0 Å². The quantitative estimate of drug-likeness (QED) is 0.299. The van der Waals surface area contributed by atoms with E-state index < -0.39 is 0 Å². The summed E-state index contributed by atoms with van der Waals surface area (Å²) in [7, 11) is 1.60. The first-order chi connectivity index (χ1) is 16.0. The Balaban J connectivity index is 1.70. The van der Waals surface area contributed by atoms with Crippen LogP contribution in [0.15, 0.2) is 72.8 Å². The Morgan fingerprint density at radius 3 is 2.39 bits per heavy atom. The largest absolute Gasteiger partial charge is 0.496 e. The lowest BCUT2D eigenvalue weighted by Gasteiger charge is -2.11. The van der Waals surface area contributed by atoms with E-state index in [1.54, 1.807) is 40.6 Å². The van der Waals surface area contributed by atoms with Gasteiger partial charge in [-0.3, -0.25) is 9.36 Å². The van der Waals surface area contributed by atoms with Crippen LogP contribution in [0.2, 0.25) is 10.0 Å². The topological polar surface area (TPSA) is 61.1 Å². The minimum Gasteiger partial charge on any atom is -0.496 e. The highest BCUT2D eigenvalue weighted by atomic mass is 35.5. The molecule has 1 heterocycles. The molecule has 0 fully saturated rings. The van der Waals surface area contributed by atoms with Crippen LogP contribution >= 0.6 is 35.4 Å². The van der Waals surface area contributed by atoms with Gasteiger partial charge in [-0.15, -0.1) is 0 Å². The number of nitrogens with one attached hydrogen (secondary N) is 1. The molecular weight excluding hydrogens is 479 g/mol. The van der Waals surface area contributed by atoms with Crippen LogP contribution in [0.4, 0.5) is 5.69 Å². The van der Waals surface area contributed by atoms with Crippen LogP contribution in [0.3, 0.4) is 0 Å². The highest BCUT2D eigenvalue weighted by Crippen LogP contribution is 2.32. The number of para-hydroxylation sites is 3. The summed E-state index contributed by atoms with van der Waals surface area (Å²) in [6.07, 6.45) is 0.157. The Kier molecular flexibility index (Phi) is 7.13. The van der Waals surface area contributed by atoms with Crippen LogP contribution < -0.4 is 10.1 Å². The fraction of sp³-hybridized carbons (Fsp3) is 0.125. The molecule has 168 valence electrons. The first-order valence-electron chi connectivity index (χ1n) is 10.1. The smallest absolute Gasteiger partial charge is 0.226 e. The molecule has 0 spiro atoms. The summed E-state index contributed by atoms with van der Waals surface area (Å²) in [6, 6.07) is 22.0. The molecular formula is C24H20Cl2N4O2S. The fourth-order valence-corrected chi connectivity index (χ4v) is 4.11. The summed E-state index contributed by atoms with van der Waals surface area (Å²) in [5.41, 5.74) is 2.01. The van der Waals surface area contributed by atoms with Gasteiger partial charge in [-0.05, 0) is 48.6 Å². The monoisotopic (exact) mass is 498 g/mol. The van der Waals surface area contributed by atoms with Gasteiger partial charge in [0.1, 0.15) is 5.75 Å². The molecule has 1 N–H and O–H groups in total. The molecule has 0 atom stereocenters. The molecule has 0 unspecified atom stereocenters. The van der Waals surface area contributed by atoms with Crippen molar-refractivity contribution in [1.29, 1.82) is 0 Å². The molecule has 0 saturated heterocycles. The minimum atomic E-state index is -0.198. The van der Waals surface area contributed by atoms with Gasteiger partial charge in [0.15, 0.2) is 5.82 Å². The van der Waals surface area contributed by atoms with Crippen molar-refractivity contribution in [3.63, 3.8) is 0 Å². The van der Waals surface area contributed by atoms with Gasteiger partial charge in [0.2, 0.25) is 10.7 Å². The molecule has 3 aromatic carbocycles. The van der Waals surface area contributed by atoms with Gasteiger partial charge in [-0.1, -0.05) is 59.6 Å². The van der Waals surface area contributed by atoms with Crippen LogP contribution in [-0.2, 0) is 11.3 Å². The molecule has 1 aromatic heterocycles. The second kappa shape index (κ2) is 10.2. The zero-order valence-electron chi connectivity index (χ0n) is 17.7. The number of nitrogens with zero attached hydrogens (tertiary/aromatic N) is 3. The SMILES string of the molecule is COc1ccccc1-c1nn(CCC(=O)Nc2ccccc2Cl)c(=S)n1-c1ccccc1Cl. The van der Waals surface area contributed by atoms with Crippen LogP contribution in [0.1, 0.15) is 6.42 Å². The third-order valence-corrected chi connectivity index (χ3v) is 6.02. The highest BCUT2D eigenvalue weighted by Gasteiger charge is 2.19. The Bertz CT molecular complexity index is 1370. The molecule has 1 amide bonds. The van der Waals surface area contributed by atoms with E-state index in [-0.39, 0.29) is 18.9 Å². The molecule has 0 aliphatic carbocycles. The maximum absolute atomic E-state index is 12.5. The normalized spacial score (nSPS) is 10.8. The third-order valence-electron chi connectivity index (χ3n) is 4.98. The number of benzene rings is 3. The van der Waals surface area contributed by atoms with E-state index in [1.165, 1.54) is 0 Å². The molecule has 4 aromatic rings. The second-order valence-electron chi connectivity index (χ2n) is 7.09. The molecule has 0 radical (unpaired) electrons. The van der Waals surface area contributed by atoms with E-state index in [4.69, 9.17) is 45.3 Å². The van der Waals surface area contributed by atoms with Crippen molar-refractivity contribution >= 4 is 47.0 Å². The fourth-order valence-electron chi connectivity index (χ4n) is 3.39. The first kappa shape index (κ1) is 23.0. The summed E-state index contributed by atoms with van der Waals surface area (Å²) < 4.78 is 9.36. The van der Waals surface area contributed by atoms with Crippen LogP contribution in [0, 0.1) is 4.77 Å². The lowest BCUT2D eigenvalue weighted by molar-refractivity contribution is -0.116. The Hall–Kier alpha value is -3.13. The number of aryl methyl sites for hydroxylation is 1. The summed E-state index contributed by atoms with van der Waals surface area (Å²) >= 11 is 18.4. The zero-order valence-corrected chi connectivity index (χ0v) is 20.0. The number of methoxy groups -OCH3 is 1. The Morgan fingerprint density at radius 2 is 1.67 bits per heavy atom. The van der Waals surface area contributed by atoms with Crippen molar-refractivity contribution in [3.05, 3.63) is 87.6 Å². The number of halogens is 2. The third kappa shape index (κ3) is 4.95. The van der Waals surface area contributed by atoms with Crippen LogP contribution in [0.5, 0.6) is 5.75 Å². The average molecular weight is 499 g/mol. The number of aromatic nitrogens is 3. The summed E-state index contributed by atoms with van der Waals surface area (Å²) in [4.78, 5) is 12.5. The molecule has 0 bridgehead atoms. The zero-order chi connectivity index (χ0) is 23.4. The number of hydrogen-bond donors (Lipinski definition) is 1. The van der Waals surface area contributed by atoms with Gasteiger partial charge < -0.3 is 10.1 Å². The van der Waals surface area contributed by atoms with Crippen molar-refractivity contribution in [2.45, 2.75) is 13.0 Å². The van der Waals surface area contributed by atoms with Crippen molar-refractivity contribution in [3.8, 4) is 22.8 Å². The van der Waals surface area contributed by atoms with Crippen LogP contribution in [0.25, 0.3) is 17.1 Å². The maximum atomic E-state index is 12.5. The van der Waals surface area contributed by atoms with Crippen molar-refractivity contribution in [2.24, 2.45) is 0 Å². The summed E-state index contributed by atoms with van der Waals surface area (Å²) in [5, 5.41) is 8.56. The van der Waals surface area contributed by atoms with Gasteiger partial charge >= 0.3 is 0 Å². The molecule has 33 heavy (non-hydrogen) atoms. The number of rotatable bonds is 7. The predicted molar refractivity (Wildman–Crippen MR) is 134 cm³/mol. The van der Waals surface area contributed by atoms with Crippen LogP contribution in [-0.4, -0.2) is 27.4 Å². The van der Waals surface area contributed by atoms with Gasteiger partial charge in [-0.2, -0.15) is 5.10 Å². The second-order valence-corrected chi connectivity index (χ2v) is 8.27. The van der Waals surface area contributed by atoms with E-state index >= 15 is 0 Å². The summed E-state index contributed by atoms with van der Waals surface area (Å²) in [5.74, 6) is 1.02. The van der Waals surface area contributed by atoms with Gasteiger partial charge in [-0.25, -0.2) is 4.68 Å². The summed E-state index contributed by atoms with van der Waals surface area (Å²) in [6.45, 7) is 0.273. The van der Waals surface area contributed by atoms with E-state index in [1.807, 2.05) is 48.5 Å². The number of carbonyl (C=O) groups excluding carboxylic acids is 1. The first-order valence-corrected chi connectivity index (χ1v) is 11.3. The van der Waals surface area contributed by atoms with E-state index in [2.05, 4.69) is 5.32 Å². The Morgan fingerprint density at radius 1 is 1.00 bits per heavy atom. The molecule has 0 aliphatic rings. The number of carbonyl (C=O) groups is 1. The molecule has 9 heteroatoms. The van der Waals surface area contributed by atoms with E-state index in [0.29, 0.717) is 37.8 Å². The Labute approximate surface area is 206 Å². The molecule has 0 saturated carbocycles. The maximum Gasteiger partial charge on any atom is 0.226 e. The van der Waals surface area contributed by atoms with Crippen molar-refractivity contribution in [1.82, 2.24) is 14.3 Å². The van der Waals surface area contributed by atoms with E-state index in [9.17, 15) is 4.79 Å². The highest BCUT2D eigenvalue weighted by molar-refractivity contribution is 7.71. The van der Waals surface area contributed by atoms with Crippen molar-refractivity contribution < 1.29 is 9.53 Å². The number of anilines is 1. The number of amides is 1. The van der Waals surface area contributed by atoms with Gasteiger partial charge in [0, 0.05) is 6.42 Å².